The molecular formula is C21H24N4O4S. The van der Waals surface area contributed by atoms with Crippen molar-refractivity contribution in [2.45, 2.75) is 31.7 Å². The Balaban J connectivity index is 1.68. The highest BCUT2D eigenvalue weighted by Crippen LogP contribution is 2.20. The number of nitrogens with zero attached hydrogens (tertiary/aromatic N) is 1. The Hall–Kier alpha value is -3.33. The van der Waals surface area contributed by atoms with Crippen molar-refractivity contribution >= 4 is 27.3 Å². The Morgan fingerprint density at radius 3 is 2.30 bits per heavy atom. The zero-order valence-electron chi connectivity index (χ0n) is 17.0. The minimum Gasteiger partial charge on any atom is -0.494 e. The largest absolute Gasteiger partial charge is 0.494 e. The highest BCUT2D eigenvalue weighted by molar-refractivity contribution is 7.92. The number of H-pyrrole nitrogens is 1. The number of anilines is 2. The van der Waals surface area contributed by atoms with Gasteiger partial charge in [0.25, 0.3) is 15.9 Å². The Labute approximate surface area is 175 Å². The number of rotatable bonds is 8. The number of aromatic nitrogens is 2. The lowest BCUT2D eigenvalue weighted by molar-refractivity contribution is 0.102. The normalized spacial score (nSPS) is 11.3. The summed E-state index contributed by atoms with van der Waals surface area (Å²) >= 11 is 0. The lowest BCUT2D eigenvalue weighted by Crippen LogP contribution is -2.14. The first-order valence-electron chi connectivity index (χ1n) is 9.51. The summed E-state index contributed by atoms with van der Waals surface area (Å²) < 4.78 is 33.0. The molecule has 0 aliphatic rings. The molecule has 2 aromatic carbocycles. The van der Waals surface area contributed by atoms with Gasteiger partial charge in [-0.1, -0.05) is 26.0 Å². The molecule has 1 amide bonds. The quantitative estimate of drug-likeness (QED) is 0.502. The molecule has 1 heterocycles. The molecule has 9 heteroatoms. The molecule has 30 heavy (non-hydrogen) atoms. The Bertz CT molecular complexity index is 1100. The van der Waals surface area contributed by atoms with Crippen LogP contribution in [-0.2, 0) is 10.0 Å². The average molecular weight is 429 g/mol. The Morgan fingerprint density at radius 2 is 1.70 bits per heavy atom. The zero-order valence-corrected chi connectivity index (χ0v) is 17.8. The van der Waals surface area contributed by atoms with Gasteiger partial charge in [0.1, 0.15) is 5.75 Å². The molecule has 158 valence electrons. The van der Waals surface area contributed by atoms with Crippen molar-refractivity contribution in [3.8, 4) is 5.75 Å². The Kier molecular flexibility index (Phi) is 6.41. The number of aromatic amines is 1. The molecule has 1 aromatic heterocycles. The van der Waals surface area contributed by atoms with Crippen molar-refractivity contribution in [1.29, 1.82) is 0 Å². The van der Waals surface area contributed by atoms with Gasteiger partial charge in [-0.15, -0.1) is 0 Å². The van der Waals surface area contributed by atoms with Gasteiger partial charge >= 0.3 is 0 Å². The van der Waals surface area contributed by atoms with Crippen LogP contribution in [0.3, 0.4) is 0 Å². The molecule has 0 atom stereocenters. The van der Waals surface area contributed by atoms with E-state index in [4.69, 9.17) is 4.74 Å². The van der Waals surface area contributed by atoms with Crippen LogP contribution in [0.5, 0.6) is 5.75 Å². The van der Waals surface area contributed by atoms with Crippen LogP contribution in [0.1, 0.15) is 42.7 Å². The molecule has 0 aliphatic carbocycles. The molecular weight excluding hydrogens is 404 g/mol. The molecule has 0 spiro atoms. The first kappa shape index (κ1) is 21.4. The summed E-state index contributed by atoms with van der Waals surface area (Å²) in [6.45, 7) is 6.55. The predicted molar refractivity (Wildman–Crippen MR) is 115 cm³/mol. The SMILES string of the molecule is CCOc1ccc(NC(=O)c2cc(S(=O)(=O)Nc3ccc(C(C)C)cc3)[nH]n2)cc1. The fraction of sp³-hybridized carbons (Fsp3) is 0.238. The summed E-state index contributed by atoms with van der Waals surface area (Å²) in [6.07, 6.45) is 0. The molecule has 0 saturated heterocycles. The molecule has 0 bridgehead atoms. The van der Waals surface area contributed by atoms with E-state index >= 15 is 0 Å². The third-order valence-corrected chi connectivity index (χ3v) is 5.62. The maximum Gasteiger partial charge on any atom is 0.278 e. The fourth-order valence-corrected chi connectivity index (χ4v) is 3.69. The molecule has 0 fully saturated rings. The van der Waals surface area contributed by atoms with Gasteiger partial charge in [-0.2, -0.15) is 13.5 Å². The molecule has 0 radical (unpaired) electrons. The number of carbonyl (C=O) groups is 1. The van der Waals surface area contributed by atoms with Crippen molar-refractivity contribution in [3.63, 3.8) is 0 Å². The summed E-state index contributed by atoms with van der Waals surface area (Å²) in [7, 11) is -3.91. The van der Waals surface area contributed by atoms with Crippen LogP contribution >= 0.6 is 0 Å². The standard InChI is InChI=1S/C21H24N4O4S/c1-4-29-18-11-9-16(10-12-18)22-21(26)19-13-20(24-23-19)30(27,28)25-17-7-5-15(6-8-17)14(2)3/h5-14,25H,4H2,1-3H3,(H,22,26)(H,23,24). The lowest BCUT2D eigenvalue weighted by atomic mass is 10.0. The predicted octanol–water partition coefficient (Wildman–Crippen LogP) is 3.98. The number of benzene rings is 2. The van der Waals surface area contributed by atoms with Crippen molar-refractivity contribution in [1.82, 2.24) is 10.2 Å². The minimum absolute atomic E-state index is 0.0422. The van der Waals surface area contributed by atoms with Gasteiger partial charge in [-0.3, -0.25) is 14.6 Å². The molecule has 3 N–H and O–H groups in total. The monoisotopic (exact) mass is 428 g/mol. The van der Waals surface area contributed by atoms with Crippen LogP contribution in [0.2, 0.25) is 0 Å². The van der Waals surface area contributed by atoms with Crippen LogP contribution < -0.4 is 14.8 Å². The highest BCUT2D eigenvalue weighted by Gasteiger charge is 2.20. The molecule has 3 aromatic rings. The van der Waals surface area contributed by atoms with Gasteiger partial charge in [0.15, 0.2) is 10.7 Å². The molecule has 3 rings (SSSR count). The number of sulfonamides is 1. The van der Waals surface area contributed by atoms with Gasteiger partial charge in [0, 0.05) is 17.4 Å². The van der Waals surface area contributed by atoms with E-state index in [9.17, 15) is 13.2 Å². The minimum atomic E-state index is -3.91. The van der Waals surface area contributed by atoms with Crippen molar-refractivity contribution in [2.75, 3.05) is 16.6 Å². The van der Waals surface area contributed by atoms with E-state index in [1.54, 1.807) is 36.4 Å². The number of nitrogens with one attached hydrogen (secondary N) is 3. The van der Waals surface area contributed by atoms with E-state index in [0.717, 1.165) is 5.56 Å². The number of amides is 1. The van der Waals surface area contributed by atoms with E-state index < -0.39 is 15.9 Å². The van der Waals surface area contributed by atoms with Crippen molar-refractivity contribution in [3.05, 3.63) is 65.9 Å². The van der Waals surface area contributed by atoms with Crippen LogP contribution in [0.4, 0.5) is 11.4 Å². The van der Waals surface area contributed by atoms with Crippen LogP contribution in [0.15, 0.2) is 59.6 Å². The summed E-state index contributed by atoms with van der Waals surface area (Å²) in [4.78, 5) is 12.4. The number of ether oxygens (including phenoxy) is 1. The van der Waals surface area contributed by atoms with E-state index in [0.29, 0.717) is 29.6 Å². The fourth-order valence-electron chi connectivity index (χ4n) is 2.70. The zero-order chi connectivity index (χ0) is 21.7. The van der Waals surface area contributed by atoms with Crippen molar-refractivity contribution in [2.24, 2.45) is 0 Å². The van der Waals surface area contributed by atoms with Crippen LogP contribution in [0.25, 0.3) is 0 Å². The van der Waals surface area contributed by atoms with Gasteiger partial charge in [-0.05, 0) is 54.8 Å². The third kappa shape index (κ3) is 5.18. The second-order valence-corrected chi connectivity index (χ2v) is 8.56. The van der Waals surface area contributed by atoms with Crippen LogP contribution in [0, 0.1) is 0 Å². The van der Waals surface area contributed by atoms with Gasteiger partial charge in [0.2, 0.25) is 0 Å². The number of carbonyl (C=O) groups excluding carboxylic acids is 1. The molecule has 0 unspecified atom stereocenters. The smallest absolute Gasteiger partial charge is 0.278 e. The number of hydrogen-bond donors (Lipinski definition) is 3. The summed E-state index contributed by atoms with van der Waals surface area (Å²) in [6, 6.07) is 15.2. The topological polar surface area (TPSA) is 113 Å². The summed E-state index contributed by atoms with van der Waals surface area (Å²) in [5.41, 5.74) is 2.03. The van der Waals surface area contributed by atoms with E-state index in [1.807, 2.05) is 19.1 Å². The second kappa shape index (κ2) is 9.00. The van der Waals surface area contributed by atoms with E-state index in [-0.39, 0.29) is 10.7 Å². The van der Waals surface area contributed by atoms with Gasteiger partial charge in [0.05, 0.1) is 6.61 Å². The maximum atomic E-state index is 12.6. The molecule has 0 aliphatic heterocycles. The second-order valence-electron chi connectivity index (χ2n) is 6.91. The molecule has 0 saturated carbocycles. The summed E-state index contributed by atoms with van der Waals surface area (Å²) in [5.74, 6) is 0.508. The molecule has 8 nitrogen and oxygen atoms in total. The summed E-state index contributed by atoms with van der Waals surface area (Å²) in [5, 5.41) is 8.70. The number of hydrogen-bond acceptors (Lipinski definition) is 5. The first-order valence-corrected chi connectivity index (χ1v) is 11.0. The van der Waals surface area contributed by atoms with Gasteiger partial charge < -0.3 is 10.1 Å². The Morgan fingerprint density at radius 1 is 1.07 bits per heavy atom. The first-order chi connectivity index (χ1) is 14.3. The highest BCUT2D eigenvalue weighted by atomic mass is 32.2. The maximum absolute atomic E-state index is 12.6. The third-order valence-electron chi connectivity index (χ3n) is 4.33. The van der Waals surface area contributed by atoms with Crippen LogP contribution in [-0.4, -0.2) is 31.1 Å². The van der Waals surface area contributed by atoms with E-state index in [1.165, 1.54) is 6.07 Å². The average Bonchev–Trinajstić information content (AvgIpc) is 3.21. The lowest BCUT2D eigenvalue weighted by Gasteiger charge is -2.09. The van der Waals surface area contributed by atoms with E-state index in [2.05, 4.69) is 34.1 Å². The van der Waals surface area contributed by atoms with Crippen molar-refractivity contribution < 1.29 is 17.9 Å². The van der Waals surface area contributed by atoms with Gasteiger partial charge in [-0.25, -0.2) is 0 Å².